The lowest BCUT2D eigenvalue weighted by atomic mass is 10.1. The third-order valence-corrected chi connectivity index (χ3v) is 5.60. The second-order valence-electron chi connectivity index (χ2n) is 6.22. The maximum atomic E-state index is 12.2. The highest BCUT2D eigenvalue weighted by Crippen LogP contribution is 2.25. The number of amides is 2. The lowest BCUT2D eigenvalue weighted by Crippen LogP contribution is -2.48. The van der Waals surface area contributed by atoms with Gasteiger partial charge in [0.05, 0.1) is 6.04 Å². The Labute approximate surface area is 157 Å². The average molecular weight is 379 g/mol. The minimum Gasteiger partial charge on any atom is -0.336 e. The molecule has 7 heteroatoms. The van der Waals surface area contributed by atoms with Crippen molar-refractivity contribution in [3.63, 3.8) is 0 Å². The highest BCUT2D eigenvalue weighted by Gasteiger charge is 2.25. The number of thiophene rings is 1. The third-order valence-electron chi connectivity index (χ3n) is 4.39. The van der Waals surface area contributed by atoms with Gasteiger partial charge in [-0.15, -0.1) is 11.3 Å². The molecule has 1 aliphatic rings. The van der Waals surface area contributed by atoms with Crippen LogP contribution in [0.1, 0.15) is 10.9 Å². The van der Waals surface area contributed by atoms with Crippen molar-refractivity contribution in [1.82, 2.24) is 15.1 Å². The Balaban J connectivity index is 1.59. The molecule has 1 saturated heterocycles. The molecule has 2 heterocycles. The fourth-order valence-electron chi connectivity index (χ4n) is 2.95. The first-order chi connectivity index (χ1) is 12.1. The Bertz CT molecular complexity index is 686. The summed E-state index contributed by atoms with van der Waals surface area (Å²) in [7, 11) is 2.15. The fourth-order valence-corrected chi connectivity index (χ4v) is 4.01. The van der Waals surface area contributed by atoms with Gasteiger partial charge in [-0.05, 0) is 36.7 Å². The summed E-state index contributed by atoms with van der Waals surface area (Å²) in [6.07, 6.45) is 0. The zero-order chi connectivity index (χ0) is 17.6. The van der Waals surface area contributed by atoms with Gasteiger partial charge in [0.1, 0.15) is 0 Å². The van der Waals surface area contributed by atoms with Crippen LogP contribution >= 0.6 is 22.9 Å². The number of nitrogens with one attached hydrogen (secondary N) is 2. The minimum absolute atomic E-state index is 0.207. The summed E-state index contributed by atoms with van der Waals surface area (Å²) in [5.41, 5.74) is 0.692. The molecule has 0 radical (unpaired) electrons. The van der Waals surface area contributed by atoms with E-state index >= 15 is 0 Å². The van der Waals surface area contributed by atoms with Crippen molar-refractivity contribution < 1.29 is 4.79 Å². The van der Waals surface area contributed by atoms with E-state index in [-0.39, 0.29) is 12.1 Å². The van der Waals surface area contributed by atoms with E-state index in [0.29, 0.717) is 17.3 Å². The van der Waals surface area contributed by atoms with Gasteiger partial charge in [0.15, 0.2) is 0 Å². The molecule has 2 aromatic rings. The minimum atomic E-state index is -0.210. The molecule has 0 saturated carbocycles. The Morgan fingerprint density at radius 3 is 2.72 bits per heavy atom. The molecule has 2 amide bonds. The molecule has 25 heavy (non-hydrogen) atoms. The zero-order valence-corrected chi connectivity index (χ0v) is 15.8. The topological polar surface area (TPSA) is 47.6 Å². The van der Waals surface area contributed by atoms with Gasteiger partial charge in [-0.1, -0.05) is 23.7 Å². The molecule has 0 bridgehead atoms. The number of hydrogen-bond donors (Lipinski definition) is 2. The van der Waals surface area contributed by atoms with E-state index in [2.05, 4.69) is 45.0 Å². The molecule has 1 aliphatic heterocycles. The third kappa shape index (κ3) is 5.19. The summed E-state index contributed by atoms with van der Waals surface area (Å²) in [6, 6.07) is 11.4. The number of anilines is 1. The van der Waals surface area contributed by atoms with Crippen LogP contribution in [0.2, 0.25) is 5.02 Å². The number of carbonyl (C=O) groups excluding carboxylic acids is 1. The Kier molecular flexibility index (Phi) is 6.31. The van der Waals surface area contributed by atoms with Crippen LogP contribution in [0.15, 0.2) is 41.8 Å². The lowest BCUT2D eigenvalue weighted by molar-refractivity contribution is 0.113. The first-order valence-corrected chi connectivity index (χ1v) is 9.64. The molecule has 1 atom stereocenters. The average Bonchev–Trinajstić information content (AvgIpc) is 3.11. The Morgan fingerprint density at radius 1 is 1.24 bits per heavy atom. The molecule has 1 aromatic heterocycles. The molecule has 1 aromatic carbocycles. The van der Waals surface area contributed by atoms with E-state index in [9.17, 15) is 4.79 Å². The first kappa shape index (κ1) is 18.2. The van der Waals surface area contributed by atoms with Crippen LogP contribution in [-0.2, 0) is 0 Å². The summed E-state index contributed by atoms with van der Waals surface area (Å²) in [4.78, 5) is 18.3. The van der Waals surface area contributed by atoms with Crippen molar-refractivity contribution in [2.75, 3.05) is 45.1 Å². The van der Waals surface area contributed by atoms with Crippen molar-refractivity contribution in [1.29, 1.82) is 0 Å². The van der Waals surface area contributed by atoms with E-state index in [0.717, 1.165) is 26.2 Å². The molecule has 134 valence electrons. The SMILES string of the molecule is CN1CCN([C@@H](CNC(=O)Nc2cccc(Cl)c2)c2cccs2)CC1. The van der Waals surface area contributed by atoms with Crippen LogP contribution in [0.4, 0.5) is 10.5 Å². The van der Waals surface area contributed by atoms with Gasteiger partial charge in [0.25, 0.3) is 0 Å². The van der Waals surface area contributed by atoms with Gasteiger partial charge < -0.3 is 15.5 Å². The number of halogens is 1. The maximum absolute atomic E-state index is 12.2. The molecular formula is C18H23ClN4OS. The van der Waals surface area contributed by atoms with Crippen LogP contribution in [0.25, 0.3) is 0 Å². The molecular weight excluding hydrogens is 356 g/mol. The number of rotatable bonds is 5. The maximum Gasteiger partial charge on any atom is 0.319 e. The van der Waals surface area contributed by atoms with Crippen molar-refractivity contribution >= 4 is 34.7 Å². The van der Waals surface area contributed by atoms with Gasteiger partial charge >= 0.3 is 6.03 Å². The normalized spacial score (nSPS) is 17.2. The quantitative estimate of drug-likeness (QED) is 0.836. The van der Waals surface area contributed by atoms with Gasteiger partial charge in [-0.2, -0.15) is 0 Å². The highest BCUT2D eigenvalue weighted by molar-refractivity contribution is 7.10. The predicted molar refractivity (Wildman–Crippen MR) is 105 cm³/mol. The zero-order valence-electron chi connectivity index (χ0n) is 14.2. The number of hydrogen-bond acceptors (Lipinski definition) is 4. The van der Waals surface area contributed by atoms with E-state index < -0.39 is 0 Å². The molecule has 5 nitrogen and oxygen atoms in total. The smallest absolute Gasteiger partial charge is 0.319 e. The second kappa shape index (κ2) is 8.67. The first-order valence-electron chi connectivity index (χ1n) is 8.38. The Morgan fingerprint density at radius 2 is 2.04 bits per heavy atom. The van der Waals surface area contributed by atoms with Gasteiger partial charge in [-0.3, -0.25) is 4.90 Å². The Hall–Kier alpha value is -1.60. The number of urea groups is 1. The van der Waals surface area contributed by atoms with Gasteiger partial charge in [0.2, 0.25) is 0 Å². The van der Waals surface area contributed by atoms with E-state index in [1.807, 2.05) is 12.1 Å². The van der Waals surface area contributed by atoms with Crippen LogP contribution in [-0.4, -0.2) is 55.6 Å². The molecule has 0 unspecified atom stereocenters. The molecule has 0 spiro atoms. The number of piperazine rings is 1. The highest BCUT2D eigenvalue weighted by atomic mass is 35.5. The largest absolute Gasteiger partial charge is 0.336 e. The predicted octanol–water partition coefficient (Wildman–Crippen LogP) is 3.51. The second-order valence-corrected chi connectivity index (χ2v) is 7.63. The standard InChI is InChI=1S/C18H23ClN4OS/c1-22-7-9-23(10-8-22)16(17-6-3-11-25-17)13-20-18(24)21-15-5-2-4-14(19)12-15/h2-6,11-12,16H,7-10,13H2,1H3,(H2,20,21,24)/t16-/m0/s1. The van der Waals surface area contributed by atoms with Crippen LogP contribution in [0.3, 0.4) is 0 Å². The van der Waals surface area contributed by atoms with E-state index in [1.54, 1.807) is 23.5 Å². The van der Waals surface area contributed by atoms with Crippen LogP contribution < -0.4 is 10.6 Å². The summed E-state index contributed by atoms with van der Waals surface area (Å²) >= 11 is 7.69. The van der Waals surface area contributed by atoms with Crippen molar-refractivity contribution in [3.05, 3.63) is 51.7 Å². The molecule has 2 N–H and O–H groups in total. The van der Waals surface area contributed by atoms with Crippen molar-refractivity contribution in [2.45, 2.75) is 6.04 Å². The van der Waals surface area contributed by atoms with Crippen molar-refractivity contribution in [3.8, 4) is 0 Å². The summed E-state index contributed by atoms with van der Waals surface area (Å²) in [5, 5.41) is 8.53. The summed E-state index contributed by atoms with van der Waals surface area (Å²) in [5.74, 6) is 0. The number of nitrogens with zero attached hydrogens (tertiary/aromatic N) is 2. The lowest BCUT2D eigenvalue weighted by Gasteiger charge is -2.37. The van der Waals surface area contributed by atoms with Crippen molar-refractivity contribution in [2.24, 2.45) is 0 Å². The number of likely N-dealkylation sites (N-methyl/N-ethyl adjacent to an activating group) is 1. The fraction of sp³-hybridized carbons (Fsp3) is 0.389. The van der Waals surface area contributed by atoms with Crippen LogP contribution in [0, 0.1) is 0 Å². The number of carbonyl (C=O) groups is 1. The van der Waals surface area contributed by atoms with Crippen LogP contribution in [0.5, 0.6) is 0 Å². The van der Waals surface area contributed by atoms with Gasteiger partial charge in [-0.25, -0.2) is 4.79 Å². The molecule has 1 fully saturated rings. The monoisotopic (exact) mass is 378 g/mol. The summed E-state index contributed by atoms with van der Waals surface area (Å²) < 4.78 is 0. The van der Waals surface area contributed by atoms with E-state index in [4.69, 9.17) is 11.6 Å². The summed E-state index contributed by atoms with van der Waals surface area (Å²) in [6.45, 7) is 4.71. The molecule has 3 rings (SSSR count). The van der Waals surface area contributed by atoms with E-state index in [1.165, 1.54) is 4.88 Å². The number of benzene rings is 1. The van der Waals surface area contributed by atoms with Gasteiger partial charge in [0, 0.05) is 48.3 Å². The molecule has 0 aliphatic carbocycles.